The van der Waals surface area contributed by atoms with Gasteiger partial charge in [0.05, 0.1) is 31.9 Å². The second kappa shape index (κ2) is 24.3. The molecule has 0 bridgehead atoms. The van der Waals surface area contributed by atoms with Crippen molar-refractivity contribution < 1.29 is 35.9 Å². The molecule has 1 amide bonds. The van der Waals surface area contributed by atoms with Crippen LogP contribution in [0.3, 0.4) is 0 Å². The van der Waals surface area contributed by atoms with Gasteiger partial charge in [-0.05, 0) is 78.7 Å². The van der Waals surface area contributed by atoms with Crippen molar-refractivity contribution in [3.8, 4) is 11.5 Å². The van der Waals surface area contributed by atoms with Crippen molar-refractivity contribution in [3.63, 3.8) is 0 Å². The minimum absolute atomic E-state index is 0.0173. The molecule has 0 aromatic heterocycles. The third-order valence-electron chi connectivity index (χ3n) is 10.2. The van der Waals surface area contributed by atoms with Crippen LogP contribution in [0.5, 0.6) is 11.5 Å². The lowest BCUT2D eigenvalue weighted by atomic mass is 9.87. The molecule has 61 heavy (non-hydrogen) atoms. The first-order valence-corrected chi connectivity index (χ1v) is 25.0. The molecule has 0 fully saturated rings. The smallest absolute Gasteiger partial charge is 0.273 e. The number of ketones is 1. The molecule has 1 atom stereocenters. The summed E-state index contributed by atoms with van der Waals surface area (Å²) in [7, 11) is -7.60. The van der Waals surface area contributed by atoms with Crippen LogP contribution in [0.15, 0.2) is 107 Å². The molecule has 0 radical (unpaired) electrons. The number of nitrogens with one attached hydrogen (secondary N) is 2. The van der Waals surface area contributed by atoms with E-state index in [4.69, 9.17) is 21.1 Å². The first-order chi connectivity index (χ1) is 29.1. The van der Waals surface area contributed by atoms with E-state index in [1.165, 1.54) is 119 Å². The maximum absolute atomic E-state index is 13.7. The van der Waals surface area contributed by atoms with Crippen LogP contribution in [0.1, 0.15) is 123 Å². The molecule has 332 valence electrons. The van der Waals surface area contributed by atoms with E-state index in [2.05, 4.69) is 17.0 Å². The SMILES string of the molecule is CCCCCCCCCCCCCCCCS(=O)(=O)Nc1ccc(Cl)c(NC(=O)C(Oc2ccc(S(=O)(=O)c3ccc(OCc4ccccc4)cc3)cc2)C(=O)C(C)(C)C)c1. The number of carbonyl (C=O) groups is 2. The van der Waals surface area contributed by atoms with Crippen molar-refractivity contribution in [3.05, 3.63) is 108 Å². The molecule has 4 rings (SSSR count). The lowest BCUT2D eigenvalue weighted by Gasteiger charge is -2.25. The Kier molecular flexibility index (Phi) is 19.6. The summed E-state index contributed by atoms with van der Waals surface area (Å²) < 4.78 is 67.1. The average molecular weight is 896 g/mol. The molecule has 0 spiro atoms. The van der Waals surface area contributed by atoms with Crippen LogP contribution >= 0.6 is 11.6 Å². The Bertz CT molecular complexity index is 2190. The molecule has 0 aliphatic carbocycles. The predicted octanol–water partition coefficient (Wildman–Crippen LogP) is 12.0. The molecular weight excluding hydrogens is 832 g/mol. The topological polar surface area (TPSA) is 145 Å². The highest BCUT2D eigenvalue weighted by atomic mass is 35.5. The highest BCUT2D eigenvalue weighted by molar-refractivity contribution is 7.92. The van der Waals surface area contributed by atoms with Gasteiger partial charge in [0.25, 0.3) is 5.91 Å². The summed E-state index contributed by atoms with van der Waals surface area (Å²) in [5.41, 5.74) is 0.262. The van der Waals surface area contributed by atoms with E-state index in [1.807, 2.05) is 30.3 Å². The lowest BCUT2D eigenvalue weighted by molar-refractivity contribution is -0.140. The zero-order chi connectivity index (χ0) is 44.3. The normalized spacial score (nSPS) is 12.4. The van der Waals surface area contributed by atoms with Gasteiger partial charge >= 0.3 is 0 Å². The largest absolute Gasteiger partial charge is 0.489 e. The Morgan fingerprint density at radius 1 is 0.656 bits per heavy atom. The Morgan fingerprint density at radius 3 is 1.69 bits per heavy atom. The molecule has 4 aromatic rings. The van der Waals surface area contributed by atoms with E-state index in [0.29, 0.717) is 18.8 Å². The Balaban J connectivity index is 1.30. The molecule has 10 nitrogen and oxygen atoms in total. The van der Waals surface area contributed by atoms with Crippen molar-refractivity contribution >= 4 is 54.5 Å². The number of amides is 1. The fourth-order valence-electron chi connectivity index (χ4n) is 6.64. The van der Waals surface area contributed by atoms with Gasteiger partial charge in [-0.2, -0.15) is 0 Å². The number of sulfone groups is 1. The van der Waals surface area contributed by atoms with Gasteiger partial charge in [-0.1, -0.05) is 153 Å². The van der Waals surface area contributed by atoms with Gasteiger partial charge in [-0.3, -0.25) is 14.3 Å². The molecule has 13 heteroatoms. The lowest BCUT2D eigenvalue weighted by Crippen LogP contribution is -2.45. The number of anilines is 2. The van der Waals surface area contributed by atoms with Gasteiger partial charge in [0, 0.05) is 5.41 Å². The van der Waals surface area contributed by atoms with Crippen LogP contribution in [-0.2, 0) is 36.1 Å². The van der Waals surface area contributed by atoms with Crippen LogP contribution in [0.2, 0.25) is 5.02 Å². The number of ether oxygens (including phenoxy) is 2. The molecule has 0 saturated heterocycles. The molecule has 0 saturated carbocycles. The molecule has 1 unspecified atom stereocenters. The summed E-state index contributed by atoms with van der Waals surface area (Å²) in [4.78, 5) is 27.3. The van der Waals surface area contributed by atoms with Crippen LogP contribution < -0.4 is 19.5 Å². The van der Waals surface area contributed by atoms with Crippen molar-refractivity contribution in [2.24, 2.45) is 5.41 Å². The summed E-state index contributed by atoms with van der Waals surface area (Å²) in [6.07, 6.45) is 14.7. The first kappa shape index (κ1) is 49.3. The molecule has 2 N–H and O–H groups in total. The van der Waals surface area contributed by atoms with Gasteiger partial charge in [-0.15, -0.1) is 0 Å². The molecule has 0 heterocycles. The Labute approximate surface area is 369 Å². The number of hydrogen-bond acceptors (Lipinski definition) is 8. The Hall–Kier alpha value is -4.39. The maximum atomic E-state index is 13.7. The summed E-state index contributed by atoms with van der Waals surface area (Å²) in [5.74, 6) is -0.823. The third-order valence-corrected chi connectivity index (χ3v) is 13.7. The van der Waals surface area contributed by atoms with Crippen LogP contribution in [0.4, 0.5) is 11.4 Å². The number of Topliss-reactive ketones (excluding diaryl/α,β-unsaturated/α-hetero) is 1. The summed E-state index contributed by atoms with van der Waals surface area (Å²) in [6, 6.07) is 25.5. The highest BCUT2D eigenvalue weighted by Gasteiger charge is 2.37. The Morgan fingerprint density at radius 2 is 1.16 bits per heavy atom. The van der Waals surface area contributed by atoms with Crippen molar-refractivity contribution in [1.82, 2.24) is 0 Å². The number of carbonyl (C=O) groups excluding carboxylic acids is 2. The number of benzene rings is 4. The minimum atomic E-state index is -3.92. The summed E-state index contributed by atoms with van der Waals surface area (Å²) in [5, 5.41) is 2.75. The number of rotatable bonds is 27. The number of hydrogen-bond donors (Lipinski definition) is 2. The summed E-state index contributed by atoms with van der Waals surface area (Å²) >= 11 is 6.43. The van der Waals surface area contributed by atoms with Gasteiger partial charge in [-0.25, -0.2) is 16.8 Å². The van der Waals surface area contributed by atoms with Crippen LogP contribution in [0, 0.1) is 5.41 Å². The fourth-order valence-corrected chi connectivity index (χ4v) is 9.24. The monoisotopic (exact) mass is 894 g/mol. The molecule has 0 aliphatic rings. The summed E-state index contributed by atoms with van der Waals surface area (Å²) in [6.45, 7) is 7.51. The number of unbranched alkanes of at least 4 members (excludes halogenated alkanes) is 13. The van der Waals surface area contributed by atoms with E-state index in [9.17, 15) is 26.4 Å². The highest BCUT2D eigenvalue weighted by Crippen LogP contribution is 2.30. The first-order valence-electron chi connectivity index (χ1n) is 21.5. The van der Waals surface area contributed by atoms with Gasteiger partial charge < -0.3 is 14.8 Å². The molecular formula is C48H63ClN2O8S2. The van der Waals surface area contributed by atoms with Crippen molar-refractivity contribution in [2.75, 3.05) is 15.8 Å². The zero-order valence-corrected chi connectivity index (χ0v) is 38.5. The van der Waals surface area contributed by atoms with Crippen LogP contribution in [0.25, 0.3) is 0 Å². The van der Waals surface area contributed by atoms with E-state index >= 15 is 0 Å². The van der Waals surface area contributed by atoms with E-state index < -0.39 is 43.1 Å². The van der Waals surface area contributed by atoms with E-state index in [-0.39, 0.29) is 37.7 Å². The average Bonchev–Trinajstić information content (AvgIpc) is 3.23. The van der Waals surface area contributed by atoms with E-state index in [1.54, 1.807) is 32.9 Å². The van der Waals surface area contributed by atoms with Crippen molar-refractivity contribution in [2.45, 2.75) is 140 Å². The fraction of sp³-hybridized carbons (Fsp3) is 0.458. The predicted molar refractivity (Wildman–Crippen MR) is 246 cm³/mol. The standard InChI is InChI=1S/C48H63ClN2O8S2/c1-5-6-7-8-9-10-11-12-13-14-15-16-17-21-34-60(54,55)51-38-24-33-43(49)44(35-38)50-47(53)45(46(52)48(2,3)4)59-40-27-31-42(32-28-40)61(56,57)41-29-25-39(26-30-41)58-36-37-22-19-18-20-23-37/h18-20,22-33,35,45,51H,5-17,21,34,36H2,1-4H3,(H,50,53). The molecule has 4 aromatic carbocycles. The second-order valence-electron chi connectivity index (χ2n) is 16.5. The third kappa shape index (κ3) is 16.8. The van der Waals surface area contributed by atoms with E-state index in [0.717, 1.165) is 24.8 Å². The minimum Gasteiger partial charge on any atom is -0.489 e. The number of halogens is 1. The second-order valence-corrected chi connectivity index (χ2v) is 20.7. The van der Waals surface area contributed by atoms with Gasteiger partial charge in [0.15, 0.2) is 5.78 Å². The van der Waals surface area contributed by atoms with Crippen LogP contribution in [-0.4, -0.2) is 40.4 Å². The zero-order valence-electron chi connectivity index (χ0n) is 36.1. The molecule has 0 aliphatic heterocycles. The number of sulfonamides is 1. The maximum Gasteiger partial charge on any atom is 0.273 e. The quantitative estimate of drug-likeness (QED) is 0.0444. The van der Waals surface area contributed by atoms with Crippen molar-refractivity contribution in [1.29, 1.82) is 0 Å². The van der Waals surface area contributed by atoms with Gasteiger partial charge in [0.2, 0.25) is 26.0 Å². The van der Waals surface area contributed by atoms with Gasteiger partial charge in [0.1, 0.15) is 18.1 Å².